The highest BCUT2D eigenvalue weighted by Gasteiger charge is 2.45. The van der Waals surface area contributed by atoms with Gasteiger partial charge in [0.05, 0.1) is 69.0 Å². The first-order valence-corrected chi connectivity index (χ1v) is 20.3. The van der Waals surface area contributed by atoms with Crippen LogP contribution in [0.1, 0.15) is 39.1 Å². The summed E-state index contributed by atoms with van der Waals surface area (Å²) in [5, 5.41) is 17.8. The van der Waals surface area contributed by atoms with Crippen LogP contribution in [0.25, 0.3) is 21.9 Å². The van der Waals surface area contributed by atoms with E-state index in [1.165, 1.54) is 6.08 Å². The van der Waals surface area contributed by atoms with E-state index in [2.05, 4.69) is 17.2 Å². The van der Waals surface area contributed by atoms with Crippen molar-refractivity contribution < 1.29 is 48.1 Å². The molecule has 0 saturated carbocycles. The van der Waals surface area contributed by atoms with E-state index < -0.39 is 29.7 Å². The molecule has 0 aliphatic carbocycles. The Morgan fingerprint density at radius 3 is 2.34 bits per heavy atom. The van der Waals surface area contributed by atoms with Crippen molar-refractivity contribution >= 4 is 57.7 Å². The molecule has 2 fully saturated rings. The number of urea groups is 1. The highest BCUT2D eigenvalue weighted by Crippen LogP contribution is 2.39. The second-order valence-electron chi connectivity index (χ2n) is 15.2. The number of benzene rings is 4. The fourth-order valence-electron chi connectivity index (χ4n) is 8.17. The summed E-state index contributed by atoms with van der Waals surface area (Å²) in [6, 6.07) is 20.8. The van der Waals surface area contributed by atoms with Gasteiger partial charge in [-0.1, -0.05) is 43.0 Å². The summed E-state index contributed by atoms with van der Waals surface area (Å²) in [4.78, 5) is 82.2. The molecule has 16 nitrogen and oxygen atoms in total. The summed E-state index contributed by atoms with van der Waals surface area (Å²) in [7, 11) is 0. The van der Waals surface area contributed by atoms with Crippen LogP contribution in [0.2, 0.25) is 0 Å². The minimum absolute atomic E-state index is 0.0556. The summed E-state index contributed by atoms with van der Waals surface area (Å²) in [5.41, 5.74) is 4.49. The van der Waals surface area contributed by atoms with Crippen LogP contribution in [0.15, 0.2) is 85.5 Å². The number of carbonyl (C=O) groups is 6. The van der Waals surface area contributed by atoms with E-state index in [0.717, 1.165) is 38.1 Å². The molecule has 1 atom stereocenters. The number of nitrogens with one attached hydrogen (secondary N) is 2. The van der Waals surface area contributed by atoms with Gasteiger partial charge in [-0.25, -0.2) is 4.79 Å². The van der Waals surface area contributed by atoms with E-state index in [1.807, 2.05) is 47.4 Å². The van der Waals surface area contributed by atoms with E-state index in [9.17, 15) is 33.9 Å². The third-order valence-electron chi connectivity index (χ3n) is 11.4. The van der Waals surface area contributed by atoms with Crippen LogP contribution in [-0.4, -0.2) is 133 Å². The standard InChI is InChI=1S/C45H46N6O10/c1-2-41(54)48-26-32(27-48)50-25-30-8-7-29(36-24-33(52)21-28-5-3-4-6-34(28)36)22-39(30)49(45(50)58)14-16-60-18-20-61-19-17-59-15-13-46-31-9-10-35-37(23-31)44(57)51(43(35)56)38-11-12-40(53)47-42(38)55/h2-10,21-24,32,38,46,52H,1,11-20,25-27H2,(H,47,53,55). The molecule has 3 N–H and O–H groups in total. The maximum absolute atomic E-state index is 14.1. The number of carbonyl (C=O) groups excluding carboxylic acids is 6. The maximum Gasteiger partial charge on any atom is 0.325 e. The van der Waals surface area contributed by atoms with E-state index in [1.54, 1.807) is 40.1 Å². The van der Waals surface area contributed by atoms with Gasteiger partial charge < -0.3 is 34.4 Å². The zero-order valence-electron chi connectivity index (χ0n) is 33.5. The SMILES string of the molecule is C=CC(=O)N1CC(N2Cc3ccc(-c4cc(O)cc5ccccc45)cc3N(CCOCCOCCOCCNc3ccc4c(c3)C(=O)N(C3CCC(=O)NC3=O)C4=O)C2=O)C1. The van der Waals surface area contributed by atoms with Gasteiger partial charge in [0.2, 0.25) is 17.7 Å². The molecule has 7 amide bonds. The molecular formula is C45H46N6O10. The summed E-state index contributed by atoms with van der Waals surface area (Å²) in [5.74, 6) is -2.20. The number of fused-ring (bicyclic) bond motifs is 3. The van der Waals surface area contributed by atoms with Crippen molar-refractivity contribution in [1.82, 2.24) is 20.0 Å². The van der Waals surface area contributed by atoms with Gasteiger partial charge in [-0.2, -0.15) is 0 Å². The Balaban J connectivity index is 0.785. The second kappa shape index (κ2) is 17.9. The molecule has 4 heterocycles. The van der Waals surface area contributed by atoms with Crippen molar-refractivity contribution in [1.29, 1.82) is 0 Å². The van der Waals surface area contributed by atoms with Crippen LogP contribution in [0.4, 0.5) is 16.2 Å². The number of ether oxygens (including phenoxy) is 3. The molecule has 2 saturated heterocycles. The van der Waals surface area contributed by atoms with Gasteiger partial charge in [0, 0.05) is 38.3 Å². The second-order valence-corrected chi connectivity index (χ2v) is 15.2. The number of imide groups is 2. The number of phenols is 1. The van der Waals surface area contributed by atoms with Gasteiger partial charge in [0.15, 0.2) is 0 Å². The lowest BCUT2D eigenvalue weighted by molar-refractivity contribution is -0.136. The summed E-state index contributed by atoms with van der Waals surface area (Å²) < 4.78 is 17.3. The van der Waals surface area contributed by atoms with Gasteiger partial charge in [-0.3, -0.25) is 39.1 Å². The molecule has 8 rings (SSSR count). The van der Waals surface area contributed by atoms with Crippen molar-refractivity contribution in [3.8, 4) is 16.9 Å². The molecule has 4 aliphatic rings. The van der Waals surface area contributed by atoms with Crippen LogP contribution in [0.5, 0.6) is 5.75 Å². The molecule has 0 bridgehead atoms. The lowest BCUT2D eigenvalue weighted by Gasteiger charge is -2.48. The van der Waals surface area contributed by atoms with Crippen molar-refractivity contribution in [2.24, 2.45) is 0 Å². The Bertz CT molecular complexity index is 2410. The third kappa shape index (κ3) is 8.55. The van der Waals surface area contributed by atoms with E-state index in [0.29, 0.717) is 64.9 Å². The molecule has 61 heavy (non-hydrogen) atoms. The Morgan fingerprint density at radius 2 is 1.57 bits per heavy atom. The minimum Gasteiger partial charge on any atom is -0.508 e. The normalized spacial score (nSPS) is 17.7. The maximum atomic E-state index is 14.1. The molecule has 4 aromatic rings. The highest BCUT2D eigenvalue weighted by molar-refractivity contribution is 6.23. The first-order chi connectivity index (χ1) is 29.6. The van der Waals surface area contributed by atoms with E-state index >= 15 is 0 Å². The largest absolute Gasteiger partial charge is 0.508 e. The first-order valence-electron chi connectivity index (χ1n) is 20.3. The van der Waals surface area contributed by atoms with Crippen molar-refractivity contribution in [2.45, 2.75) is 31.5 Å². The first kappa shape index (κ1) is 41.1. The Kier molecular flexibility index (Phi) is 12.1. The Hall–Kier alpha value is -6.62. The van der Waals surface area contributed by atoms with Crippen molar-refractivity contribution in [3.05, 3.63) is 102 Å². The molecule has 0 radical (unpaired) electrons. The number of amides is 7. The Labute approximate surface area is 351 Å². The summed E-state index contributed by atoms with van der Waals surface area (Å²) >= 11 is 0. The lowest BCUT2D eigenvalue weighted by Crippen LogP contribution is -2.64. The molecular weight excluding hydrogens is 785 g/mol. The van der Waals surface area contributed by atoms with Crippen LogP contribution in [0.3, 0.4) is 0 Å². The molecule has 0 aromatic heterocycles. The van der Waals surface area contributed by atoms with Crippen LogP contribution < -0.4 is 15.5 Å². The number of anilines is 2. The number of nitrogens with zero attached hydrogens (tertiary/aromatic N) is 4. The van der Waals surface area contributed by atoms with Gasteiger partial charge in [0.1, 0.15) is 11.8 Å². The molecule has 4 aliphatic heterocycles. The van der Waals surface area contributed by atoms with Gasteiger partial charge in [-0.05, 0) is 76.4 Å². The fourth-order valence-corrected chi connectivity index (χ4v) is 8.17. The van der Waals surface area contributed by atoms with Gasteiger partial charge in [-0.15, -0.1) is 0 Å². The quantitative estimate of drug-likeness (QED) is 0.0796. The number of aromatic hydroxyl groups is 1. The number of rotatable bonds is 17. The van der Waals surface area contributed by atoms with Gasteiger partial charge in [0.25, 0.3) is 11.8 Å². The zero-order chi connectivity index (χ0) is 42.6. The monoisotopic (exact) mass is 830 g/mol. The highest BCUT2D eigenvalue weighted by atomic mass is 16.5. The number of hydrogen-bond acceptors (Lipinski definition) is 11. The van der Waals surface area contributed by atoms with Crippen LogP contribution in [-0.2, 0) is 35.1 Å². The molecule has 16 heteroatoms. The number of likely N-dealkylation sites (tertiary alicyclic amines) is 1. The average Bonchev–Trinajstić information content (AvgIpc) is 3.48. The van der Waals surface area contributed by atoms with Crippen LogP contribution >= 0.6 is 0 Å². The minimum atomic E-state index is -1.02. The average molecular weight is 831 g/mol. The Morgan fingerprint density at radius 1 is 0.836 bits per heavy atom. The van der Waals surface area contributed by atoms with E-state index in [-0.39, 0.29) is 60.8 Å². The van der Waals surface area contributed by atoms with Crippen LogP contribution in [0, 0.1) is 0 Å². The fraction of sp³-hybridized carbons (Fsp3) is 0.333. The zero-order valence-corrected chi connectivity index (χ0v) is 33.5. The predicted molar refractivity (Wildman–Crippen MR) is 224 cm³/mol. The molecule has 316 valence electrons. The topological polar surface area (TPSA) is 187 Å². The number of hydrogen-bond donors (Lipinski definition) is 3. The lowest BCUT2D eigenvalue weighted by atomic mass is 9.95. The van der Waals surface area contributed by atoms with Crippen molar-refractivity contribution in [2.75, 3.05) is 76.0 Å². The summed E-state index contributed by atoms with van der Waals surface area (Å²) in [6.07, 6.45) is 1.43. The number of phenolic OH excluding ortho intramolecular Hbond substituents is 1. The van der Waals surface area contributed by atoms with Crippen molar-refractivity contribution in [3.63, 3.8) is 0 Å². The molecule has 4 aromatic carbocycles. The summed E-state index contributed by atoms with van der Waals surface area (Å²) in [6.45, 7) is 7.47. The predicted octanol–water partition coefficient (Wildman–Crippen LogP) is 3.91. The number of piperidine rings is 1. The van der Waals surface area contributed by atoms with E-state index in [4.69, 9.17) is 14.2 Å². The third-order valence-corrected chi connectivity index (χ3v) is 11.4. The molecule has 1 unspecified atom stereocenters. The molecule has 0 spiro atoms. The van der Waals surface area contributed by atoms with Gasteiger partial charge >= 0.3 is 6.03 Å². The smallest absolute Gasteiger partial charge is 0.325 e.